The van der Waals surface area contributed by atoms with Crippen LogP contribution < -0.4 is 19.6 Å². The van der Waals surface area contributed by atoms with Crippen molar-refractivity contribution in [3.63, 3.8) is 0 Å². The number of amides is 8. The molecule has 4 aliphatic heterocycles. The first-order valence-electron chi connectivity index (χ1n) is 11.6. The summed E-state index contributed by atoms with van der Waals surface area (Å²) in [6, 6.07) is 12.5. The van der Waals surface area contributed by atoms with Crippen LogP contribution in [-0.4, -0.2) is 47.3 Å². The number of hydrogen-bond donors (Lipinski definition) is 0. The molecule has 6 rings (SSSR count). The Labute approximate surface area is 225 Å². The van der Waals surface area contributed by atoms with Gasteiger partial charge in [-0.05, 0) is 24.3 Å². The molecule has 0 spiro atoms. The van der Waals surface area contributed by atoms with Crippen LogP contribution >= 0.6 is 0 Å². The fourth-order valence-electron chi connectivity index (χ4n) is 4.24. The number of imide groups is 4. The van der Waals surface area contributed by atoms with Gasteiger partial charge in [0.2, 0.25) is 0 Å². The second-order valence-corrected chi connectivity index (χ2v) is 8.36. The molecule has 0 saturated carbocycles. The number of nitrogens with zero attached hydrogens (tertiary/aromatic N) is 4. The molecule has 0 bridgehead atoms. The highest BCUT2D eigenvalue weighted by molar-refractivity contribution is 6.34. The molecular weight excluding hydrogens is 520 g/mol. The summed E-state index contributed by atoms with van der Waals surface area (Å²) in [6.07, 6.45) is 9.15. The third-order valence-corrected chi connectivity index (χ3v) is 5.96. The molecule has 0 aliphatic carbocycles. The van der Waals surface area contributed by atoms with Gasteiger partial charge >= 0.3 is 0 Å². The van der Waals surface area contributed by atoms with Gasteiger partial charge in [-0.3, -0.25) is 38.4 Å². The summed E-state index contributed by atoms with van der Waals surface area (Å²) >= 11 is 0. The molecule has 12 heteroatoms. The quantitative estimate of drug-likeness (QED) is 0.527. The molecule has 8 amide bonds. The van der Waals surface area contributed by atoms with E-state index in [0.717, 1.165) is 68.2 Å². The van der Waals surface area contributed by atoms with Gasteiger partial charge in [-0.1, -0.05) is 24.3 Å². The lowest BCUT2D eigenvalue weighted by molar-refractivity contribution is -0.122. The SMILES string of the molecule is O=C1C=CC(=O)N1c1ccccc1N1C(=O)C=CC1=O.O=C1C=CC(=O)N1c1ccccc1N1C(=O)C=CC1=O. The predicted octanol–water partition coefficient (Wildman–Crippen LogP) is 1.09. The number of anilines is 4. The summed E-state index contributed by atoms with van der Waals surface area (Å²) in [6.45, 7) is 0. The Kier molecular flexibility index (Phi) is 6.41. The highest BCUT2D eigenvalue weighted by Gasteiger charge is 2.34. The molecule has 0 aromatic heterocycles. The Balaban J connectivity index is 0.000000161. The van der Waals surface area contributed by atoms with Crippen LogP contribution in [-0.2, 0) is 38.4 Å². The highest BCUT2D eigenvalue weighted by atomic mass is 16.2. The second kappa shape index (κ2) is 10.0. The summed E-state index contributed by atoms with van der Waals surface area (Å²) in [5.41, 5.74) is 0.826. The molecule has 2 aromatic rings. The van der Waals surface area contributed by atoms with Crippen molar-refractivity contribution in [3.8, 4) is 0 Å². The molecule has 0 radical (unpaired) electrons. The Morgan fingerprint density at radius 3 is 0.575 bits per heavy atom. The van der Waals surface area contributed by atoms with E-state index in [0.29, 0.717) is 0 Å². The second-order valence-electron chi connectivity index (χ2n) is 8.36. The number of carbonyl (C=O) groups is 8. The maximum absolute atomic E-state index is 11.7. The van der Waals surface area contributed by atoms with Crippen LogP contribution in [0.15, 0.2) is 97.1 Å². The highest BCUT2D eigenvalue weighted by Crippen LogP contribution is 2.34. The zero-order chi connectivity index (χ0) is 28.6. The summed E-state index contributed by atoms with van der Waals surface area (Å²) in [5, 5.41) is 0. The van der Waals surface area contributed by atoms with Crippen molar-refractivity contribution >= 4 is 70.0 Å². The van der Waals surface area contributed by atoms with E-state index in [1.165, 1.54) is 24.3 Å². The molecule has 2 aromatic carbocycles. The first-order valence-corrected chi connectivity index (χ1v) is 11.6. The van der Waals surface area contributed by atoms with E-state index in [4.69, 9.17) is 0 Å². The Morgan fingerprint density at radius 2 is 0.425 bits per heavy atom. The van der Waals surface area contributed by atoms with Gasteiger partial charge in [0.05, 0.1) is 22.7 Å². The van der Waals surface area contributed by atoms with Crippen LogP contribution in [0.5, 0.6) is 0 Å². The van der Waals surface area contributed by atoms with Crippen LogP contribution in [0.1, 0.15) is 0 Å². The van der Waals surface area contributed by atoms with E-state index in [2.05, 4.69) is 0 Å². The molecule has 12 nitrogen and oxygen atoms in total. The molecule has 40 heavy (non-hydrogen) atoms. The molecule has 196 valence electrons. The summed E-state index contributed by atoms with van der Waals surface area (Å²) in [7, 11) is 0. The molecular formula is C28H16N4O8. The molecule has 4 heterocycles. The van der Waals surface area contributed by atoms with Gasteiger partial charge in [0.1, 0.15) is 0 Å². The standard InChI is InChI=1S/2C14H8N2O4/c2*17-11-5-6-12(18)15(11)9-3-1-2-4-10(9)16-13(19)7-8-14(16)20/h2*1-8H. The lowest BCUT2D eigenvalue weighted by atomic mass is 10.2. The number of carbonyl (C=O) groups excluding carboxylic acids is 8. The molecule has 0 saturated heterocycles. The summed E-state index contributed by atoms with van der Waals surface area (Å²) in [4.78, 5) is 97.5. The van der Waals surface area contributed by atoms with Crippen LogP contribution in [0, 0.1) is 0 Å². The predicted molar refractivity (Wildman–Crippen MR) is 139 cm³/mol. The maximum Gasteiger partial charge on any atom is 0.258 e. The zero-order valence-electron chi connectivity index (χ0n) is 20.3. The summed E-state index contributed by atoms with van der Waals surface area (Å²) in [5.74, 6) is -4.04. The summed E-state index contributed by atoms with van der Waals surface area (Å²) < 4.78 is 0. The van der Waals surface area contributed by atoms with Gasteiger partial charge in [0.15, 0.2) is 0 Å². The first kappa shape index (κ1) is 25.6. The minimum absolute atomic E-state index is 0.206. The minimum Gasteiger partial charge on any atom is -0.269 e. The van der Waals surface area contributed by atoms with Crippen molar-refractivity contribution in [1.29, 1.82) is 0 Å². The van der Waals surface area contributed by atoms with Crippen LogP contribution in [0.25, 0.3) is 0 Å². The Bertz CT molecular complexity index is 1360. The molecule has 0 unspecified atom stereocenters. The van der Waals surface area contributed by atoms with E-state index in [1.807, 2.05) is 0 Å². The zero-order valence-corrected chi connectivity index (χ0v) is 20.3. The van der Waals surface area contributed by atoms with Crippen molar-refractivity contribution < 1.29 is 38.4 Å². The lowest BCUT2D eigenvalue weighted by Gasteiger charge is -2.22. The molecule has 4 aliphatic rings. The average Bonchev–Trinajstić information content (AvgIpc) is 3.66. The average molecular weight is 536 g/mol. The van der Waals surface area contributed by atoms with E-state index in [9.17, 15) is 38.4 Å². The van der Waals surface area contributed by atoms with E-state index in [1.54, 1.807) is 24.3 Å². The molecule has 0 atom stereocenters. The monoisotopic (exact) mass is 536 g/mol. The third kappa shape index (κ3) is 4.35. The molecule has 0 N–H and O–H groups in total. The largest absolute Gasteiger partial charge is 0.269 e. The fraction of sp³-hybridized carbons (Fsp3) is 0. The fourth-order valence-corrected chi connectivity index (χ4v) is 4.24. The smallest absolute Gasteiger partial charge is 0.258 e. The van der Waals surface area contributed by atoms with Crippen molar-refractivity contribution in [3.05, 3.63) is 97.1 Å². The van der Waals surface area contributed by atoms with Gasteiger partial charge in [-0.15, -0.1) is 0 Å². The Morgan fingerprint density at radius 1 is 0.275 bits per heavy atom. The van der Waals surface area contributed by atoms with E-state index in [-0.39, 0.29) is 22.7 Å². The maximum atomic E-state index is 11.7. The van der Waals surface area contributed by atoms with E-state index >= 15 is 0 Å². The van der Waals surface area contributed by atoms with Gasteiger partial charge in [-0.25, -0.2) is 19.6 Å². The van der Waals surface area contributed by atoms with Gasteiger partial charge in [0, 0.05) is 48.6 Å². The van der Waals surface area contributed by atoms with Crippen molar-refractivity contribution in [2.45, 2.75) is 0 Å². The number of benzene rings is 2. The third-order valence-electron chi connectivity index (χ3n) is 5.96. The van der Waals surface area contributed by atoms with Crippen LogP contribution in [0.4, 0.5) is 22.7 Å². The van der Waals surface area contributed by atoms with Crippen LogP contribution in [0.3, 0.4) is 0 Å². The molecule has 0 fully saturated rings. The number of para-hydroxylation sites is 4. The van der Waals surface area contributed by atoms with Gasteiger partial charge < -0.3 is 0 Å². The normalized spacial score (nSPS) is 17.8. The van der Waals surface area contributed by atoms with Gasteiger partial charge in [0.25, 0.3) is 47.3 Å². The van der Waals surface area contributed by atoms with E-state index < -0.39 is 47.3 Å². The first-order chi connectivity index (χ1) is 19.2. The number of hydrogen-bond acceptors (Lipinski definition) is 8. The Hall–Kier alpha value is -6.04. The number of rotatable bonds is 4. The van der Waals surface area contributed by atoms with Crippen molar-refractivity contribution in [1.82, 2.24) is 0 Å². The lowest BCUT2D eigenvalue weighted by Crippen LogP contribution is -2.35. The van der Waals surface area contributed by atoms with Crippen molar-refractivity contribution in [2.75, 3.05) is 19.6 Å². The van der Waals surface area contributed by atoms with Crippen LogP contribution in [0.2, 0.25) is 0 Å². The van der Waals surface area contributed by atoms with Gasteiger partial charge in [-0.2, -0.15) is 0 Å². The minimum atomic E-state index is -0.505. The topological polar surface area (TPSA) is 150 Å². The van der Waals surface area contributed by atoms with Crippen molar-refractivity contribution in [2.24, 2.45) is 0 Å².